The number of benzene rings is 1. The lowest BCUT2D eigenvalue weighted by Crippen LogP contribution is -2.30. The fourth-order valence-corrected chi connectivity index (χ4v) is 4.34. The Kier molecular flexibility index (Phi) is 3.44. The van der Waals surface area contributed by atoms with Gasteiger partial charge in [0, 0.05) is 23.2 Å². The highest BCUT2D eigenvalue weighted by Crippen LogP contribution is 2.28. The van der Waals surface area contributed by atoms with Gasteiger partial charge in [0.2, 0.25) is 10.0 Å². The van der Waals surface area contributed by atoms with E-state index in [2.05, 4.69) is 15.9 Å². The van der Waals surface area contributed by atoms with Gasteiger partial charge >= 0.3 is 0 Å². The molecule has 0 aromatic heterocycles. The van der Waals surface area contributed by atoms with E-state index in [4.69, 9.17) is 5.73 Å². The molecule has 0 spiro atoms. The molecule has 1 atom stereocenters. The Hall–Kier alpha value is -0.630. The van der Waals surface area contributed by atoms with Crippen molar-refractivity contribution in [3.63, 3.8) is 0 Å². The Balaban J connectivity index is 2.38. The molecule has 1 aliphatic rings. The molecular weight excluding hydrogens is 308 g/mol. The number of nitrogens with two attached hydrogens (primary N) is 1. The van der Waals surface area contributed by atoms with E-state index in [0.29, 0.717) is 23.1 Å². The zero-order valence-corrected chi connectivity index (χ0v) is 11.4. The van der Waals surface area contributed by atoms with E-state index in [1.165, 1.54) is 10.4 Å². The number of halogens is 1. The topological polar surface area (TPSA) is 83.6 Å². The predicted molar refractivity (Wildman–Crippen MR) is 67.9 cm³/mol. The molecule has 0 amide bonds. The SMILES string of the molecule is Nc1ccc(S(=O)(=O)N2CC[C@H](O)C2)c(Br)c1. The standard InChI is InChI=1S/C10H13BrN2O3S/c11-9-5-7(12)1-2-10(9)17(15,16)13-4-3-8(14)6-13/h1-2,5,8,14H,3-4,6,12H2/t8-/m0/s1. The van der Waals surface area contributed by atoms with Gasteiger partial charge < -0.3 is 10.8 Å². The van der Waals surface area contributed by atoms with Crippen LogP contribution in [0.4, 0.5) is 5.69 Å². The van der Waals surface area contributed by atoms with Crippen LogP contribution in [0.25, 0.3) is 0 Å². The van der Waals surface area contributed by atoms with Crippen LogP contribution in [0.1, 0.15) is 6.42 Å². The number of rotatable bonds is 2. The van der Waals surface area contributed by atoms with Crippen LogP contribution >= 0.6 is 15.9 Å². The van der Waals surface area contributed by atoms with E-state index in [1.54, 1.807) is 12.1 Å². The Labute approximate surface area is 108 Å². The van der Waals surface area contributed by atoms with Gasteiger partial charge in [-0.1, -0.05) is 0 Å². The zero-order chi connectivity index (χ0) is 12.6. The van der Waals surface area contributed by atoms with Crippen molar-refractivity contribution in [2.24, 2.45) is 0 Å². The van der Waals surface area contributed by atoms with E-state index in [-0.39, 0.29) is 11.4 Å². The van der Waals surface area contributed by atoms with Crippen molar-refractivity contribution < 1.29 is 13.5 Å². The van der Waals surface area contributed by atoms with Crippen LogP contribution in [0.5, 0.6) is 0 Å². The molecule has 94 valence electrons. The quantitative estimate of drug-likeness (QED) is 0.789. The van der Waals surface area contributed by atoms with E-state index >= 15 is 0 Å². The lowest BCUT2D eigenvalue weighted by molar-refractivity contribution is 0.189. The van der Waals surface area contributed by atoms with Gasteiger partial charge in [0.05, 0.1) is 11.0 Å². The van der Waals surface area contributed by atoms with Gasteiger partial charge in [-0.25, -0.2) is 8.42 Å². The molecule has 1 saturated heterocycles. The van der Waals surface area contributed by atoms with E-state index < -0.39 is 16.1 Å². The fourth-order valence-electron chi connectivity index (χ4n) is 1.79. The second-order valence-corrected chi connectivity index (χ2v) is 6.76. The lowest BCUT2D eigenvalue weighted by Gasteiger charge is -2.16. The normalized spacial score (nSPS) is 21.9. The van der Waals surface area contributed by atoms with E-state index in [0.717, 1.165) is 0 Å². The molecule has 1 aromatic rings. The minimum Gasteiger partial charge on any atom is -0.399 e. The maximum atomic E-state index is 12.3. The highest BCUT2D eigenvalue weighted by molar-refractivity contribution is 9.10. The monoisotopic (exact) mass is 320 g/mol. The zero-order valence-electron chi connectivity index (χ0n) is 9.01. The summed E-state index contributed by atoms with van der Waals surface area (Å²) in [5.74, 6) is 0. The molecule has 1 aliphatic heterocycles. The molecule has 1 fully saturated rings. The van der Waals surface area contributed by atoms with Crippen molar-refractivity contribution in [2.45, 2.75) is 17.4 Å². The van der Waals surface area contributed by atoms with Crippen LogP contribution in [0.15, 0.2) is 27.6 Å². The number of aliphatic hydroxyl groups excluding tert-OH is 1. The number of sulfonamides is 1. The van der Waals surface area contributed by atoms with Crippen LogP contribution in [-0.4, -0.2) is 37.0 Å². The highest BCUT2D eigenvalue weighted by atomic mass is 79.9. The summed E-state index contributed by atoms with van der Waals surface area (Å²) in [4.78, 5) is 0.181. The summed E-state index contributed by atoms with van der Waals surface area (Å²) in [6, 6.07) is 4.57. The van der Waals surface area contributed by atoms with Gasteiger partial charge in [-0.15, -0.1) is 0 Å². The third-order valence-corrected chi connectivity index (χ3v) is 5.54. The molecule has 0 saturated carbocycles. The minimum absolute atomic E-state index is 0.152. The largest absolute Gasteiger partial charge is 0.399 e. The molecule has 17 heavy (non-hydrogen) atoms. The van der Waals surface area contributed by atoms with E-state index in [1.807, 2.05) is 0 Å². The molecule has 1 heterocycles. The third kappa shape index (κ3) is 2.47. The van der Waals surface area contributed by atoms with Crippen molar-refractivity contribution in [2.75, 3.05) is 18.8 Å². The average Bonchev–Trinajstić information content (AvgIpc) is 2.64. The van der Waals surface area contributed by atoms with Crippen molar-refractivity contribution in [1.82, 2.24) is 4.31 Å². The molecule has 3 N–H and O–H groups in total. The Bertz CT molecular complexity index is 532. The van der Waals surface area contributed by atoms with Crippen molar-refractivity contribution in [1.29, 1.82) is 0 Å². The summed E-state index contributed by atoms with van der Waals surface area (Å²) in [6.07, 6.45) is -0.0939. The Morgan fingerprint density at radius 2 is 2.18 bits per heavy atom. The number of aliphatic hydroxyl groups is 1. The Morgan fingerprint density at radius 1 is 1.47 bits per heavy atom. The maximum Gasteiger partial charge on any atom is 0.244 e. The first-order chi connectivity index (χ1) is 7.91. The lowest BCUT2D eigenvalue weighted by atomic mass is 10.3. The number of hydrogen-bond acceptors (Lipinski definition) is 4. The van der Waals surface area contributed by atoms with E-state index in [9.17, 15) is 13.5 Å². The van der Waals surface area contributed by atoms with Crippen molar-refractivity contribution in [3.05, 3.63) is 22.7 Å². The molecule has 7 heteroatoms. The van der Waals surface area contributed by atoms with Crippen LogP contribution in [0, 0.1) is 0 Å². The molecular formula is C10H13BrN2O3S. The second kappa shape index (κ2) is 4.56. The maximum absolute atomic E-state index is 12.3. The van der Waals surface area contributed by atoms with Gasteiger partial charge in [-0.3, -0.25) is 0 Å². The summed E-state index contributed by atoms with van der Waals surface area (Å²) in [5.41, 5.74) is 6.07. The van der Waals surface area contributed by atoms with Crippen LogP contribution in [-0.2, 0) is 10.0 Å². The van der Waals surface area contributed by atoms with Gasteiger partial charge in [0.25, 0.3) is 0 Å². The summed E-state index contributed by atoms with van der Waals surface area (Å²) in [5, 5.41) is 9.39. The van der Waals surface area contributed by atoms with Gasteiger partial charge in [-0.05, 0) is 40.5 Å². The smallest absolute Gasteiger partial charge is 0.244 e. The molecule has 0 aliphatic carbocycles. The summed E-state index contributed by atoms with van der Waals surface area (Å²) in [7, 11) is -3.55. The predicted octanol–water partition coefficient (Wildman–Crippen LogP) is 0.787. The van der Waals surface area contributed by atoms with Crippen LogP contribution in [0.3, 0.4) is 0 Å². The number of nitrogens with zero attached hydrogens (tertiary/aromatic N) is 1. The first kappa shape index (κ1) is 12.8. The molecule has 0 radical (unpaired) electrons. The fraction of sp³-hybridized carbons (Fsp3) is 0.400. The Morgan fingerprint density at radius 3 is 2.71 bits per heavy atom. The number of β-amino-alcohol motifs (C(OH)–C–C–N with tert-alkyl or cyclic N) is 1. The van der Waals surface area contributed by atoms with Gasteiger partial charge in [0.15, 0.2) is 0 Å². The first-order valence-electron chi connectivity index (χ1n) is 5.14. The summed E-state index contributed by atoms with van der Waals surface area (Å²) in [6.45, 7) is 0.499. The molecule has 5 nitrogen and oxygen atoms in total. The number of anilines is 1. The van der Waals surface area contributed by atoms with Crippen LogP contribution in [0.2, 0.25) is 0 Å². The molecule has 2 rings (SSSR count). The van der Waals surface area contributed by atoms with Crippen molar-refractivity contribution >= 4 is 31.6 Å². The second-order valence-electron chi connectivity index (χ2n) is 4.00. The highest BCUT2D eigenvalue weighted by Gasteiger charge is 2.32. The van der Waals surface area contributed by atoms with Crippen molar-refractivity contribution in [3.8, 4) is 0 Å². The summed E-state index contributed by atoms with van der Waals surface area (Å²) >= 11 is 3.20. The third-order valence-electron chi connectivity index (χ3n) is 2.70. The average molecular weight is 321 g/mol. The first-order valence-corrected chi connectivity index (χ1v) is 7.38. The van der Waals surface area contributed by atoms with Gasteiger partial charge in [-0.2, -0.15) is 4.31 Å². The minimum atomic E-state index is -3.55. The molecule has 1 aromatic carbocycles. The van der Waals surface area contributed by atoms with Gasteiger partial charge in [0.1, 0.15) is 0 Å². The van der Waals surface area contributed by atoms with Crippen LogP contribution < -0.4 is 5.73 Å². The molecule has 0 unspecified atom stereocenters. The summed E-state index contributed by atoms with van der Waals surface area (Å²) < 4.78 is 26.2. The number of hydrogen-bond donors (Lipinski definition) is 2. The molecule has 0 bridgehead atoms. The number of nitrogen functional groups attached to an aromatic ring is 1.